The fraction of sp³-hybridized carbons (Fsp3) is 0.500. The largest absolute Gasteiger partial charge is 0.478 e. The van der Waals surface area contributed by atoms with E-state index < -0.39 is 5.97 Å². The van der Waals surface area contributed by atoms with Crippen molar-refractivity contribution in [3.63, 3.8) is 0 Å². The van der Waals surface area contributed by atoms with Gasteiger partial charge in [0.05, 0.1) is 0 Å². The van der Waals surface area contributed by atoms with Crippen LogP contribution in [-0.4, -0.2) is 11.1 Å². The summed E-state index contributed by atoms with van der Waals surface area (Å²) < 4.78 is 0. The number of carboxylic acid groups (broad SMARTS) is 1. The van der Waals surface area contributed by atoms with Gasteiger partial charge in [0.2, 0.25) is 0 Å². The van der Waals surface area contributed by atoms with Crippen molar-refractivity contribution in [2.45, 2.75) is 58.8 Å². The van der Waals surface area contributed by atoms with Crippen LogP contribution in [0.15, 0.2) is 35.9 Å². The Hall–Kier alpha value is -1.57. The van der Waals surface area contributed by atoms with E-state index in [9.17, 15) is 9.90 Å². The Labute approximate surface area is 122 Å². The maximum absolute atomic E-state index is 11.2. The van der Waals surface area contributed by atoms with Crippen LogP contribution in [0.2, 0.25) is 0 Å². The van der Waals surface area contributed by atoms with Crippen LogP contribution < -0.4 is 0 Å². The molecular formula is C18H26O2. The highest BCUT2D eigenvalue weighted by molar-refractivity contribution is 5.95. The van der Waals surface area contributed by atoms with Crippen molar-refractivity contribution in [2.24, 2.45) is 0 Å². The Morgan fingerprint density at radius 3 is 2.20 bits per heavy atom. The Morgan fingerprint density at radius 2 is 1.60 bits per heavy atom. The van der Waals surface area contributed by atoms with Gasteiger partial charge in [-0.25, -0.2) is 4.79 Å². The first-order valence-electron chi connectivity index (χ1n) is 7.65. The summed E-state index contributed by atoms with van der Waals surface area (Å²) in [5.74, 6) is -0.810. The number of hydrogen-bond donors (Lipinski definition) is 1. The molecule has 0 aromatic heterocycles. The molecule has 0 heterocycles. The summed E-state index contributed by atoms with van der Waals surface area (Å²) in [5, 5.41) is 9.23. The third-order valence-corrected chi connectivity index (χ3v) is 3.68. The molecule has 0 amide bonds. The van der Waals surface area contributed by atoms with Crippen molar-refractivity contribution in [1.29, 1.82) is 0 Å². The molecule has 1 N–H and O–H groups in total. The second-order valence-corrected chi connectivity index (χ2v) is 5.29. The Kier molecular flexibility index (Phi) is 7.71. The topological polar surface area (TPSA) is 37.3 Å². The van der Waals surface area contributed by atoms with Crippen LogP contribution in [0.1, 0.15) is 64.4 Å². The van der Waals surface area contributed by atoms with E-state index in [0.29, 0.717) is 5.57 Å². The molecular weight excluding hydrogens is 248 g/mol. The molecule has 0 atom stereocenters. The minimum Gasteiger partial charge on any atom is -0.478 e. The van der Waals surface area contributed by atoms with Crippen LogP contribution in [0.5, 0.6) is 0 Å². The number of unbranched alkanes of at least 4 members (excludes halogenated alkanes) is 5. The molecule has 0 aliphatic heterocycles. The number of hydrogen-bond acceptors (Lipinski definition) is 1. The Morgan fingerprint density at radius 1 is 1.00 bits per heavy atom. The molecule has 0 fully saturated rings. The van der Waals surface area contributed by atoms with E-state index >= 15 is 0 Å². The highest BCUT2D eigenvalue weighted by Crippen LogP contribution is 2.25. The van der Waals surface area contributed by atoms with E-state index in [1.807, 2.05) is 30.3 Å². The molecule has 0 aliphatic carbocycles. The molecule has 2 nitrogen and oxygen atoms in total. The zero-order chi connectivity index (χ0) is 14.8. The van der Waals surface area contributed by atoms with Crippen molar-refractivity contribution in [3.8, 4) is 0 Å². The normalized spacial score (nSPS) is 12.1. The fourth-order valence-corrected chi connectivity index (χ4v) is 2.40. The monoisotopic (exact) mass is 274 g/mol. The lowest BCUT2D eigenvalue weighted by Crippen LogP contribution is -2.01. The quantitative estimate of drug-likeness (QED) is 0.490. The minimum absolute atomic E-state index is 0.477. The van der Waals surface area contributed by atoms with Gasteiger partial charge in [0.25, 0.3) is 0 Å². The molecule has 20 heavy (non-hydrogen) atoms. The third-order valence-electron chi connectivity index (χ3n) is 3.68. The van der Waals surface area contributed by atoms with Crippen molar-refractivity contribution in [1.82, 2.24) is 0 Å². The molecule has 0 radical (unpaired) electrons. The van der Waals surface area contributed by atoms with E-state index in [4.69, 9.17) is 0 Å². The first-order chi connectivity index (χ1) is 9.66. The summed E-state index contributed by atoms with van der Waals surface area (Å²) in [6, 6.07) is 9.89. The van der Waals surface area contributed by atoms with E-state index in [2.05, 4.69) is 6.92 Å². The molecule has 110 valence electrons. The zero-order valence-electron chi connectivity index (χ0n) is 12.7. The molecule has 1 aromatic rings. The number of rotatable bonds is 9. The molecule has 1 aromatic carbocycles. The van der Waals surface area contributed by atoms with Crippen molar-refractivity contribution in [2.75, 3.05) is 0 Å². The average Bonchev–Trinajstić information content (AvgIpc) is 2.47. The molecule has 0 spiro atoms. The lowest BCUT2D eigenvalue weighted by Gasteiger charge is -2.10. The van der Waals surface area contributed by atoms with Gasteiger partial charge in [0.1, 0.15) is 0 Å². The lowest BCUT2D eigenvalue weighted by molar-refractivity contribution is -0.132. The number of carboxylic acids is 1. The van der Waals surface area contributed by atoms with E-state index in [-0.39, 0.29) is 0 Å². The van der Waals surface area contributed by atoms with E-state index in [1.165, 1.54) is 32.1 Å². The standard InChI is InChI=1S/C18H26O2/c1-3-4-5-6-7-11-14-17(15(2)18(19)20)16-12-9-8-10-13-16/h8-10,12-13H,3-7,11,14H2,1-2H3,(H,19,20). The smallest absolute Gasteiger partial charge is 0.331 e. The minimum atomic E-state index is -0.810. The van der Waals surface area contributed by atoms with Crippen molar-refractivity contribution in [3.05, 3.63) is 41.5 Å². The highest BCUT2D eigenvalue weighted by Gasteiger charge is 2.11. The molecule has 0 saturated carbocycles. The lowest BCUT2D eigenvalue weighted by atomic mass is 9.95. The SMILES string of the molecule is CCCCCCCCC(=C(C)C(=O)O)c1ccccc1. The maximum Gasteiger partial charge on any atom is 0.331 e. The highest BCUT2D eigenvalue weighted by atomic mass is 16.4. The van der Waals surface area contributed by atoms with Gasteiger partial charge >= 0.3 is 5.97 Å². The molecule has 0 bridgehead atoms. The van der Waals surface area contributed by atoms with Crippen LogP contribution in [0.3, 0.4) is 0 Å². The van der Waals surface area contributed by atoms with Crippen molar-refractivity contribution < 1.29 is 9.90 Å². The average molecular weight is 274 g/mol. The van der Waals surface area contributed by atoms with Gasteiger partial charge in [0, 0.05) is 5.57 Å². The number of benzene rings is 1. The van der Waals surface area contributed by atoms with E-state index in [0.717, 1.165) is 24.0 Å². The molecule has 0 unspecified atom stereocenters. The Balaban J connectivity index is 2.62. The van der Waals surface area contributed by atoms with Crippen LogP contribution in [0.4, 0.5) is 0 Å². The molecule has 2 heteroatoms. The summed E-state index contributed by atoms with van der Waals surface area (Å²) in [6.45, 7) is 3.92. The molecule has 0 saturated heterocycles. The third kappa shape index (κ3) is 5.60. The fourth-order valence-electron chi connectivity index (χ4n) is 2.40. The summed E-state index contributed by atoms with van der Waals surface area (Å²) in [6.07, 6.45) is 8.21. The van der Waals surface area contributed by atoms with Gasteiger partial charge < -0.3 is 5.11 Å². The van der Waals surface area contributed by atoms with Gasteiger partial charge in [0.15, 0.2) is 0 Å². The van der Waals surface area contributed by atoms with Gasteiger partial charge in [-0.15, -0.1) is 0 Å². The first kappa shape index (κ1) is 16.5. The second-order valence-electron chi connectivity index (χ2n) is 5.29. The summed E-state index contributed by atoms with van der Waals surface area (Å²) in [5.41, 5.74) is 2.50. The number of allylic oxidation sites excluding steroid dienone is 1. The van der Waals surface area contributed by atoms with Crippen molar-refractivity contribution >= 4 is 11.5 Å². The molecule has 1 rings (SSSR count). The summed E-state index contributed by atoms with van der Waals surface area (Å²) >= 11 is 0. The first-order valence-corrected chi connectivity index (χ1v) is 7.65. The summed E-state index contributed by atoms with van der Waals surface area (Å²) in [4.78, 5) is 11.2. The summed E-state index contributed by atoms with van der Waals surface area (Å²) in [7, 11) is 0. The van der Waals surface area contributed by atoms with Gasteiger partial charge in [-0.2, -0.15) is 0 Å². The number of aliphatic carboxylic acids is 1. The number of carbonyl (C=O) groups is 1. The van der Waals surface area contributed by atoms with Crippen LogP contribution >= 0.6 is 0 Å². The Bertz CT molecular complexity index is 432. The van der Waals surface area contributed by atoms with Crippen LogP contribution in [0, 0.1) is 0 Å². The predicted molar refractivity (Wildman–Crippen MR) is 84.7 cm³/mol. The predicted octanol–water partition coefficient (Wildman–Crippen LogP) is 5.30. The van der Waals surface area contributed by atoms with Gasteiger partial charge in [-0.3, -0.25) is 0 Å². The van der Waals surface area contributed by atoms with E-state index in [1.54, 1.807) is 6.92 Å². The zero-order valence-corrected chi connectivity index (χ0v) is 12.7. The van der Waals surface area contributed by atoms with Gasteiger partial charge in [-0.1, -0.05) is 69.4 Å². The van der Waals surface area contributed by atoms with Gasteiger partial charge in [-0.05, 0) is 30.9 Å². The second kappa shape index (κ2) is 9.35. The van der Waals surface area contributed by atoms with Crippen LogP contribution in [-0.2, 0) is 4.79 Å². The maximum atomic E-state index is 11.2. The molecule has 0 aliphatic rings. The van der Waals surface area contributed by atoms with Crippen LogP contribution in [0.25, 0.3) is 5.57 Å².